The molecule has 5 heteroatoms. The fourth-order valence-electron chi connectivity index (χ4n) is 1.95. The van der Waals surface area contributed by atoms with E-state index in [1.807, 2.05) is 31.2 Å². The molecule has 0 bridgehead atoms. The number of hydrogen-bond acceptors (Lipinski definition) is 3. The van der Waals surface area contributed by atoms with Crippen molar-refractivity contribution < 1.29 is 4.74 Å². The summed E-state index contributed by atoms with van der Waals surface area (Å²) in [5.41, 5.74) is 3.36. The maximum absolute atomic E-state index is 6.31. The van der Waals surface area contributed by atoms with Gasteiger partial charge in [0, 0.05) is 11.6 Å². The Balaban J connectivity index is 2.18. The molecule has 2 aromatic heterocycles. The Morgan fingerprint density at radius 3 is 2.79 bits per heavy atom. The molecule has 3 aromatic rings. The van der Waals surface area contributed by atoms with Crippen LogP contribution in [0.1, 0.15) is 5.56 Å². The molecule has 2 heterocycles. The number of nitrogens with zero attached hydrogens (tertiary/aromatic N) is 2. The number of rotatable bonds is 2. The fraction of sp³-hybridized carbons (Fsp3) is 0.143. The van der Waals surface area contributed by atoms with Crippen LogP contribution in [0.4, 0.5) is 0 Å². The van der Waals surface area contributed by atoms with Gasteiger partial charge in [-0.1, -0.05) is 23.7 Å². The molecule has 96 valence electrons. The van der Waals surface area contributed by atoms with Crippen molar-refractivity contribution in [2.45, 2.75) is 6.92 Å². The number of aryl methyl sites for hydroxylation is 1. The highest BCUT2D eigenvalue weighted by Gasteiger charge is 2.11. The van der Waals surface area contributed by atoms with E-state index >= 15 is 0 Å². The van der Waals surface area contributed by atoms with Gasteiger partial charge < -0.3 is 9.72 Å². The summed E-state index contributed by atoms with van der Waals surface area (Å²) in [4.78, 5) is 12.0. The SMILES string of the molecule is COc1ccc2[nH]c(-c3cccc(C)c3Cl)nc2n1. The number of nitrogens with one attached hydrogen (secondary N) is 1. The van der Waals surface area contributed by atoms with Crippen LogP contribution in [0.15, 0.2) is 30.3 Å². The number of fused-ring (bicyclic) bond motifs is 1. The van der Waals surface area contributed by atoms with Gasteiger partial charge in [0.2, 0.25) is 5.88 Å². The summed E-state index contributed by atoms with van der Waals surface area (Å²) in [6.45, 7) is 1.97. The van der Waals surface area contributed by atoms with Gasteiger partial charge in [-0.15, -0.1) is 0 Å². The van der Waals surface area contributed by atoms with E-state index in [4.69, 9.17) is 16.3 Å². The molecule has 0 saturated carbocycles. The van der Waals surface area contributed by atoms with Gasteiger partial charge in [0.05, 0.1) is 17.6 Å². The van der Waals surface area contributed by atoms with Gasteiger partial charge >= 0.3 is 0 Å². The summed E-state index contributed by atoms with van der Waals surface area (Å²) in [5.74, 6) is 1.25. The quantitative estimate of drug-likeness (QED) is 0.776. The van der Waals surface area contributed by atoms with E-state index in [1.165, 1.54) is 0 Å². The number of H-pyrrole nitrogens is 1. The first-order chi connectivity index (χ1) is 9.19. The molecule has 0 aliphatic carbocycles. The molecule has 0 aliphatic heterocycles. The third-order valence-electron chi connectivity index (χ3n) is 2.98. The molecule has 4 nitrogen and oxygen atoms in total. The van der Waals surface area contributed by atoms with Gasteiger partial charge in [0.25, 0.3) is 0 Å². The van der Waals surface area contributed by atoms with Crippen LogP contribution >= 0.6 is 11.6 Å². The minimum Gasteiger partial charge on any atom is -0.481 e. The van der Waals surface area contributed by atoms with Gasteiger partial charge in [-0.05, 0) is 24.6 Å². The molecule has 0 unspecified atom stereocenters. The van der Waals surface area contributed by atoms with Crippen LogP contribution in [0.25, 0.3) is 22.6 Å². The maximum Gasteiger partial charge on any atom is 0.215 e. The number of ether oxygens (including phenoxy) is 1. The van der Waals surface area contributed by atoms with Gasteiger partial charge in [-0.3, -0.25) is 0 Å². The van der Waals surface area contributed by atoms with Crippen LogP contribution in [0.3, 0.4) is 0 Å². The highest BCUT2D eigenvalue weighted by atomic mass is 35.5. The maximum atomic E-state index is 6.31. The fourth-order valence-corrected chi connectivity index (χ4v) is 2.16. The molecule has 0 amide bonds. The molecular formula is C14H12ClN3O. The monoisotopic (exact) mass is 273 g/mol. The second-order valence-electron chi connectivity index (χ2n) is 4.25. The van der Waals surface area contributed by atoms with E-state index < -0.39 is 0 Å². The molecule has 0 fully saturated rings. The zero-order valence-electron chi connectivity index (χ0n) is 10.6. The molecule has 0 spiro atoms. The van der Waals surface area contributed by atoms with Gasteiger partial charge in [0.15, 0.2) is 5.65 Å². The van der Waals surface area contributed by atoms with Crippen LogP contribution in [0.5, 0.6) is 5.88 Å². The summed E-state index contributed by atoms with van der Waals surface area (Å²) in [5, 5.41) is 0.702. The molecule has 0 radical (unpaired) electrons. The first-order valence-corrected chi connectivity index (χ1v) is 6.23. The number of hydrogen-bond donors (Lipinski definition) is 1. The van der Waals surface area contributed by atoms with Crippen molar-refractivity contribution in [3.8, 4) is 17.3 Å². The first-order valence-electron chi connectivity index (χ1n) is 5.85. The van der Waals surface area contributed by atoms with Crippen molar-refractivity contribution in [2.75, 3.05) is 7.11 Å². The zero-order valence-corrected chi connectivity index (χ0v) is 11.3. The van der Waals surface area contributed by atoms with E-state index in [0.717, 1.165) is 16.6 Å². The minimum atomic E-state index is 0.542. The topological polar surface area (TPSA) is 50.8 Å². The number of aromatic nitrogens is 3. The lowest BCUT2D eigenvalue weighted by Gasteiger charge is -2.02. The molecule has 1 N–H and O–H groups in total. The Hall–Kier alpha value is -2.07. The summed E-state index contributed by atoms with van der Waals surface area (Å²) in [6.07, 6.45) is 0. The molecular weight excluding hydrogens is 262 g/mol. The highest BCUT2D eigenvalue weighted by Crippen LogP contribution is 2.29. The third kappa shape index (κ3) is 2.04. The summed E-state index contributed by atoms with van der Waals surface area (Å²) in [6, 6.07) is 9.54. The predicted octanol–water partition coefficient (Wildman–Crippen LogP) is 3.60. The Labute approximate surface area is 115 Å². The van der Waals surface area contributed by atoms with Crippen molar-refractivity contribution in [3.05, 3.63) is 40.9 Å². The summed E-state index contributed by atoms with van der Waals surface area (Å²) < 4.78 is 5.09. The second-order valence-corrected chi connectivity index (χ2v) is 4.62. The van der Waals surface area contributed by atoms with Gasteiger partial charge in [0.1, 0.15) is 5.82 Å². The smallest absolute Gasteiger partial charge is 0.215 e. The Bertz CT molecular complexity index is 752. The average molecular weight is 274 g/mol. The van der Waals surface area contributed by atoms with E-state index in [9.17, 15) is 0 Å². The molecule has 0 saturated heterocycles. The molecule has 1 aromatic carbocycles. The Morgan fingerprint density at radius 2 is 2.00 bits per heavy atom. The lowest BCUT2D eigenvalue weighted by atomic mass is 10.1. The summed E-state index contributed by atoms with van der Waals surface area (Å²) in [7, 11) is 1.58. The highest BCUT2D eigenvalue weighted by molar-refractivity contribution is 6.34. The number of benzene rings is 1. The van der Waals surface area contributed by atoms with E-state index in [2.05, 4.69) is 15.0 Å². The van der Waals surface area contributed by atoms with Gasteiger partial charge in [-0.25, -0.2) is 4.98 Å². The van der Waals surface area contributed by atoms with E-state index in [-0.39, 0.29) is 0 Å². The predicted molar refractivity (Wildman–Crippen MR) is 75.6 cm³/mol. The Morgan fingerprint density at radius 1 is 1.16 bits per heavy atom. The average Bonchev–Trinajstić information content (AvgIpc) is 2.84. The second kappa shape index (κ2) is 4.55. The normalized spacial score (nSPS) is 10.9. The van der Waals surface area contributed by atoms with Crippen molar-refractivity contribution in [1.82, 2.24) is 15.0 Å². The lowest BCUT2D eigenvalue weighted by molar-refractivity contribution is 0.399. The number of pyridine rings is 1. The zero-order chi connectivity index (χ0) is 13.4. The van der Waals surface area contributed by atoms with Crippen molar-refractivity contribution in [2.24, 2.45) is 0 Å². The van der Waals surface area contributed by atoms with E-state index in [1.54, 1.807) is 13.2 Å². The molecule has 0 aliphatic rings. The van der Waals surface area contributed by atoms with Crippen LogP contribution in [-0.2, 0) is 0 Å². The summed E-state index contributed by atoms with van der Waals surface area (Å²) >= 11 is 6.31. The lowest BCUT2D eigenvalue weighted by Crippen LogP contribution is -1.86. The van der Waals surface area contributed by atoms with Crippen molar-refractivity contribution in [1.29, 1.82) is 0 Å². The first kappa shape index (κ1) is 12.0. The third-order valence-corrected chi connectivity index (χ3v) is 3.48. The van der Waals surface area contributed by atoms with Crippen LogP contribution < -0.4 is 4.74 Å². The largest absolute Gasteiger partial charge is 0.481 e. The van der Waals surface area contributed by atoms with Crippen LogP contribution in [0, 0.1) is 6.92 Å². The number of imidazole rings is 1. The Kier molecular flexibility index (Phi) is 2.87. The van der Waals surface area contributed by atoms with E-state index in [0.29, 0.717) is 22.4 Å². The van der Waals surface area contributed by atoms with Crippen molar-refractivity contribution in [3.63, 3.8) is 0 Å². The van der Waals surface area contributed by atoms with Crippen LogP contribution in [-0.4, -0.2) is 22.1 Å². The number of methoxy groups -OCH3 is 1. The van der Waals surface area contributed by atoms with Crippen molar-refractivity contribution >= 4 is 22.8 Å². The molecule has 0 atom stereocenters. The molecule has 3 rings (SSSR count). The number of halogens is 1. The number of aromatic amines is 1. The van der Waals surface area contributed by atoms with Crippen LogP contribution in [0.2, 0.25) is 5.02 Å². The minimum absolute atomic E-state index is 0.542. The standard InChI is InChI=1S/C14H12ClN3O/c1-8-4-3-5-9(12(8)15)13-16-10-6-7-11(19-2)17-14(10)18-13/h3-7H,1-2H3,(H,16,17,18). The molecule has 19 heavy (non-hydrogen) atoms. The van der Waals surface area contributed by atoms with Gasteiger partial charge in [-0.2, -0.15) is 4.98 Å².